The fourth-order valence-electron chi connectivity index (χ4n) is 3.27. The van der Waals surface area contributed by atoms with Gasteiger partial charge < -0.3 is 10.1 Å². The number of amides is 1. The number of aryl methyl sites for hydroxylation is 2. The molecule has 3 heterocycles. The van der Waals surface area contributed by atoms with Gasteiger partial charge in [-0.3, -0.25) is 9.69 Å². The molecule has 2 fully saturated rings. The van der Waals surface area contributed by atoms with Gasteiger partial charge in [-0.2, -0.15) is 0 Å². The van der Waals surface area contributed by atoms with Gasteiger partial charge in [-0.25, -0.2) is 4.98 Å². The highest BCUT2D eigenvalue weighted by molar-refractivity contribution is 7.13. The van der Waals surface area contributed by atoms with Gasteiger partial charge in [0, 0.05) is 0 Å². The number of piperidine rings is 1. The van der Waals surface area contributed by atoms with Crippen molar-refractivity contribution in [2.24, 2.45) is 0 Å². The van der Waals surface area contributed by atoms with Crippen LogP contribution in [0.15, 0.2) is 0 Å². The van der Waals surface area contributed by atoms with Gasteiger partial charge in [0.2, 0.25) is 0 Å². The first-order valence-corrected chi connectivity index (χ1v) is 8.53. The van der Waals surface area contributed by atoms with Gasteiger partial charge in [0.1, 0.15) is 4.88 Å². The molecule has 21 heavy (non-hydrogen) atoms. The first-order valence-electron chi connectivity index (χ1n) is 7.72. The van der Waals surface area contributed by atoms with Crippen molar-refractivity contribution in [1.82, 2.24) is 15.2 Å². The summed E-state index contributed by atoms with van der Waals surface area (Å²) in [6.07, 6.45) is 3.83. The van der Waals surface area contributed by atoms with Crippen LogP contribution in [0.2, 0.25) is 0 Å². The highest BCUT2D eigenvalue weighted by atomic mass is 32.1. The summed E-state index contributed by atoms with van der Waals surface area (Å²) in [4.78, 5) is 20.0. The van der Waals surface area contributed by atoms with E-state index in [1.807, 2.05) is 13.8 Å². The predicted molar refractivity (Wildman–Crippen MR) is 82.9 cm³/mol. The van der Waals surface area contributed by atoms with Crippen molar-refractivity contribution in [2.75, 3.05) is 26.3 Å². The molecule has 0 aromatic carbocycles. The van der Waals surface area contributed by atoms with Crippen molar-refractivity contribution in [1.29, 1.82) is 0 Å². The molecule has 2 atom stereocenters. The van der Waals surface area contributed by atoms with E-state index in [1.165, 1.54) is 30.6 Å². The van der Waals surface area contributed by atoms with Crippen LogP contribution in [0.3, 0.4) is 0 Å². The van der Waals surface area contributed by atoms with E-state index >= 15 is 0 Å². The third-order valence-corrected chi connectivity index (χ3v) is 5.41. The van der Waals surface area contributed by atoms with Crippen molar-refractivity contribution in [2.45, 2.75) is 45.2 Å². The Bertz CT molecular complexity index is 511. The Labute approximate surface area is 129 Å². The van der Waals surface area contributed by atoms with Gasteiger partial charge in [-0.1, -0.05) is 6.42 Å². The lowest BCUT2D eigenvalue weighted by atomic mass is 10.0. The number of aromatic nitrogens is 1. The lowest BCUT2D eigenvalue weighted by molar-refractivity contribution is 0.0903. The molecular formula is C15H23N3O2S. The number of rotatable bonds is 3. The third-order valence-electron chi connectivity index (χ3n) is 4.34. The van der Waals surface area contributed by atoms with E-state index in [-0.39, 0.29) is 11.9 Å². The van der Waals surface area contributed by atoms with E-state index in [2.05, 4.69) is 15.2 Å². The molecule has 0 aliphatic carbocycles. The zero-order chi connectivity index (χ0) is 14.8. The second kappa shape index (κ2) is 6.42. The molecule has 116 valence electrons. The van der Waals surface area contributed by atoms with E-state index in [4.69, 9.17) is 4.74 Å². The molecular weight excluding hydrogens is 286 g/mol. The van der Waals surface area contributed by atoms with Crippen molar-refractivity contribution in [3.63, 3.8) is 0 Å². The van der Waals surface area contributed by atoms with Crippen LogP contribution in [0.5, 0.6) is 0 Å². The zero-order valence-corrected chi connectivity index (χ0v) is 13.5. The van der Waals surface area contributed by atoms with Crippen LogP contribution in [0.1, 0.15) is 39.6 Å². The fourth-order valence-corrected chi connectivity index (χ4v) is 4.09. The van der Waals surface area contributed by atoms with Crippen LogP contribution in [0.4, 0.5) is 0 Å². The lowest BCUT2D eigenvalue weighted by Crippen LogP contribution is -2.52. The molecule has 0 spiro atoms. The maximum Gasteiger partial charge on any atom is 0.263 e. The smallest absolute Gasteiger partial charge is 0.263 e. The van der Waals surface area contributed by atoms with Crippen LogP contribution in [-0.2, 0) is 4.74 Å². The minimum absolute atomic E-state index is 0.00407. The van der Waals surface area contributed by atoms with Crippen LogP contribution in [0.25, 0.3) is 0 Å². The van der Waals surface area contributed by atoms with Crippen LogP contribution >= 0.6 is 11.3 Å². The summed E-state index contributed by atoms with van der Waals surface area (Å²) in [5.41, 5.74) is 0.823. The molecule has 1 N–H and O–H groups in total. The van der Waals surface area contributed by atoms with Crippen molar-refractivity contribution in [3.8, 4) is 0 Å². The predicted octanol–water partition coefficient (Wildman–Crippen LogP) is 1.74. The quantitative estimate of drug-likeness (QED) is 0.924. The Morgan fingerprint density at radius 3 is 2.71 bits per heavy atom. The Kier molecular flexibility index (Phi) is 4.57. The number of carbonyl (C=O) groups is 1. The Hall–Kier alpha value is -0.980. The number of nitrogens with one attached hydrogen (secondary N) is 1. The zero-order valence-electron chi connectivity index (χ0n) is 12.7. The summed E-state index contributed by atoms with van der Waals surface area (Å²) >= 11 is 1.47. The molecule has 0 radical (unpaired) electrons. The summed E-state index contributed by atoms with van der Waals surface area (Å²) in [7, 11) is 0. The highest BCUT2D eigenvalue weighted by Gasteiger charge is 2.35. The van der Waals surface area contributed by atoms with Gasteiger partial charge in [0.05, 0.1) is 36.0 Å². The van der Waals surface area contributed by atoms with Gasteiger partial charge in [0.25, 0.3) is 5.91 Å². The van der Waals surface area contributed by atoms with Gasteiger partial charge in [0.15, 0.2) is 0 Å². The van der Waals surface area contributed by atoms with Gasteiger partial charge in [-0.05, 0) is 39.8 Å². The average molecular weight is 309 g/mol. The van der Waals surface area contributed by atoms with Gasteiger partial charge >= 0.3 is 0 Å². The normalized spacial score (nSPS) is 27.0. The number of carbonyl (C=O) groups excluding carboxylic acids is 1. The molecule has 2 saturated heterocycles. The van der Waals surface area contributed by atoms with Crippen molar-refractivity contribution < 1.29 is 9.53 Å². The molecule has 3 rings (SSSR count). The second-order valence-electron chi connectivity index (χ2n) is 5.93. The number of hydrogen-bond acceptors (Lipinski definition) is 5. The van der Waals surface area contributed by atoms with E-state index in [9.17, 15) is 4.79 Å². The number of nitrogens with zero attached hydrogens (tertiary/aromatic N) is 2. The van der Waals surface area contributed by atoms with Crippen molar-refractivity contribution in [3.05, 3.63) is 15.6 Å². The monoisotopic (exact) mass is 309 g/mol. The Morgan fingerprint density at radius 2 is 2.05 bits per heavy atom. The topological polar surface area (TPSA) is 54.5 Å². The first kappa shape index (κ1) is 14.9. The molecule has 0 saturated carbocycles. The number of thiazole rings is 1. The second-order valence-corrected chi connectivity index (χ2v) is 7.13. The molecule has 2 aliphatic heterocycles. The molecule has 2 aliphatic rings. The fraction of sp³-hybridized carbons (Fsp3) is 0.733. The van der Waals surface area contributed by atoms with E-state index in [0.29, 0.717) is 12.6 Å². The molecule has 1 aromatic heterocycles. The molecule has 6 heteroatoms. The number of ether oxygens (including phenoxy) is 1. The van der Waals surface area contributed by atoms with Gasteiger partial charge in [-0.15, -0.1) is 11.3 Å². The van der Waals surface area contributed by atoms with E-state index in [1.54, 1.807) is 0 Å². The van der Waals surface area contributed by atoms with Crippen LogP contribution in [0, 0.1) is 13.8 Å². The minimum Gasteiger partial charge on any atom is -0.378 e. The summed E-state index contributed by atoms with van der Waals surface area (Å²) in [5, 5.41) is 4.10. The first-order chi connectivity index (χ1) is 10.1. The Morgan fingerprint density at radius 1 is 1.29 bits per heavy atom. The molecule has 1 aromatic rings. The van der Waals surface area contributed by atoms with Crippen LogP contribution < -0.4 is 5.32 Å². The van der Waals surface area contributed by atoms with Crippen molar-refractivity contribution >= 4 is 17.2 Å². The maximum absolute atomic E-state index is 12.4. The molecule has 5 nitrogen and oxygen atoms in total. The van der Waals surface area contributed by atoms with Crippen LogP contribution in [-0.4, -0.2) is 54.2 Å². The third kappa shape index (κ3) is 3.27. The summed E-state index contributed by atoms with van der Waals surface area (Å²) < 4.78 is 5.63. The number of likely N-dealkylation sites (tertiary alicyclic amines) is 1. The average Bonchev–Trinajstić information content (AvgIpc) is 3.06. The van der Waals surface area contributed by atoms with E-state index < -0.39 is 0 Å². The largest absolute Gasteiger partial charge is 0.378 e. The minimum atomic E-state index is -0.00407. The lowest BCUT2D eigenvalue weighted by Gasteiger charge is -2.34. The summed E-state index contributed by atoms with van der Waals surface area (Å²) in [6, 6.07) is 0.418. The molecule has 1 amide bonds. The molecule has 0 bridgehead atoms. The maximum atomic E-state index is 12.4. The standard InChI is InChI=1S/C15H23N3O2S/c1-10-14(21-11(2)16-10)15(19)17-12-8-20-9-13(12)18-6-4-3-5-7-18/h12-13H,3-9H2,1-2H3,(H,17,19)/t12-,13-/m0/s1. The van der Waals surface area contributed by atoms with E-state index in [0.717, 1.165) is 35.3 Å². The Balaban J connectivity index is 1.65. The SMILES string of the molecule is Cc1nc(C)c(C(=O)N[C@H]2COC[C@@H]2N2CCCCC2)s1. The molecule has 0 unspecified atom stereocenters. The summed E-state index contributed by atoms with van der Waals surface area (Å²) in [6.45, 7) is 7.42. The summed E-state index contributed by atoms with van der Waals surface area (Å²) in [5.74, 6) is -0.00407. The highest BCUT2D eigenvalue weighted by Crippen LogP contribution is 2.21. The number of hydrogen-bond donors (Lipinski definition) is 1.